The highest BCUT2D eigenvalue weighted by Crippen LogP contribution is 2.44. The molecule has 2 aromatic carbocycles. The number of phenolic OH excluding ortho intramolecular Hbond substituents is 1. The lowest BCUT2D eigenvalue weighted by Crippen LogP contribution is -2.53. The minimum atomic E-state index is -0.759. The van der Waals surface area contributed by atoms with E-state index in [0.717, 1.165) is 45.3 Å². The van der Waals surface area contributed by atoms with Gasteiger partial charge in [0.2, 0.25) is 5.88 Å². The van der Waals surface area contributed by atoms with Gasteiger partial charge < -0.3 is 24.8 Å². The van der Waals surface area contributed by atoms with E-state index in [9.17, 15) is 9.50 Å². The number of anilines is 1. The predicted molar refractivity (Wildman–Crippen MR) is 158 cm³/mol. The largest absolute Gasteiger partial charge is 0.508 e. The fraction of sp³-hybridized carbons (Fsp3) is 0.406. The average molecular weight is 585 g/mol. The van der Waals surface area contributed by atoms with Crippen LogP contribution in [0.15, 0.2) is 24.3 Å². The maximum atomic E-state index is 16.8. The van der Waals surface area contributed by atoms with E-state index in [2.05, 4.69) is 31.0 Å². The third-order valence-corrected chi connectivity index (χ3v) is 9.48. The van der Waals surface area contributed by atoms with Gasteiger partial charge in [0.15, 0.2) is 5.82 Å². The van der Waals surface area contributed by atoms with E-state index in [1.165, 1.54) is 24.3 Å². The maximum absolute atomic E-state index is 16.8. The number of aromatic hydroxyl groups is 1. The first kappa shape index (κ1) is 26.4. The molecule has 9 nitrogen and oxygen atoms in total. The van der Waals surface area contributed by atoms with Crippen LogP contribution in [0, 0.1) is 24.0 Å². The fourth-order valence-electron chi connectivity index (χ4n) is 7.44. The number of fused-ring (bicyclic) bond motifs is 4. The molecule has 2 N–H and O–H groups in total. The molecule has 8 rings (SSSR count). The van der Waals surface area contributed by atoms with Crippen molar-refractivity contribution >= 4 is 27.5 Å². The molecule has 3 fully saturated rings. The van der Waals surface area contributed by atoms with Crippen molar-refractivity contribution in [2.24, 2.45) is 0 Å². The van der Waals surface area contributed by atoms with E-state index in [-0.39, 0.29) is 63.6 Å². The minimum absolute atomic E-state index is 0.0125. The topological polar surface area (TPSA) is 95.9 Å². The zero-order valence-electron chi connectivity index (χ0n) is 23.5. The number of aromatic nitrogens is 3. The van der Waals surface area contributed by atoms with Crippen LogP contribution in [0.5, 0.6) is 17.6 Å². The van der Waals surface area contributed by atoms with Crippen molar-refractivity contribution in [3.8, 4) is 41.2 Å². The second-order valence-corrected chi connectivity index (χ2v) is 11.9. The summed E-state index contributed by atoms with van der Waals surface area (Å²) in [5.74, 6) is 1.53. The number of hydrogen-bond acceptors (Lipinski definition) is 9. The summed E-state index contributed by atoms with van der Waals surface area (Å²) in [7, 11) is 0. The molecular formula is C32H30F2N6O3. The molecule has 0 aliphatic carbocycles. The fourth-order valence-corrected chi connectivity index (χ4v) is 7.44. The summed E-state index contributed by atoms with van der Waals surface area (Å²) in [5.41, 5.74) is -0.124. The van der Waals surface area contributed by atoms with Crippen LogP contribution in [0.3, 0.4) is 0 Å². The first-order chi connectivity index (χ1) is 21.0. The Hall–Kier alpha value is -4.27. The molecule has 0 radical (unpaired) electrons. The van der Waals surface area contributed by atoms with Crippen LogP contribution in [-0.4, -0.2) is 82.5 Å². The van der Waals surface area contributed by atoms with Crippen LogP contribution < -0.4 is 19.7 Å². The number of rotatable bonds is 4. The molecule has 2 aromatic heterocycles. The Kier molecular flexibility index (Phi) is 6.07. The molecule has 1 atom stereocenters. The molecule has 4 aromatic rings. The van der Waals surface area contributed by atoms with Crippen molar-refractivity contribution in [3.63, 3.8) is 0 Å². The van der Waals surface area contributed by atoms with Crippen molar-refractivity contribution in [1.82, 2.24) is 25.2 Å². The number of hydrogen-bond donors (Lipinski definition) is 2. The predicted octanol–water partition coefficient (Wildman–Crippen LogP) is 3.99. The van der Waals surface area contributed by atoms with Crippen LogP contribution >= 0.6 is 0 Å². The highest BCUT2D eigenvalue weighted by Gasteiger charge is 2.45. The molecule has 43 heavy (non-hydrogen) atoms. The van der Waals surface area contributed by atoms with Gasteiger partial charge >= 0.3 is 6.01 Å². The molecule has 0 amide bonds. The first-order valence-electron chi connectivity index (χ1n) is 14.8. The summed E-state index contributed by atoms with van der Waals surface area (Å²) in [6.07, 6.45) is 10.0. The zero-order valence-corrected chi connectivity index (χ0v) is 23.5. The van der Waals surface area contributed by atoms with Crippen molar-refractivity contribution < 1.29 is 23.4 Å². The van der Waals surface area contributed by atoms with E-state index in [4.69, 9.17) is 20.9 Å². The molecule has 4 aliphatic rings. The molecule has 6 heterocycles. The van der Waals surface area contributed by atoms with Gasteiger partial charge in [-0.3, -0.25) is 4.90 Å². The quantitative estimate of drug-likeness (QED) is 0.346. The van der Waals surface area contributed by atoms with Gasteiger partial charge in [-0.15, -0.1) is 6.42 Å². The normalized spacial score (nSPS) is 20.9. The number of phenols is 1. The van der Waals surface area contributed by atoms with Crippen LogP contribution in [-0.2, 0) is 0 Å². The molecule has 0 spiro atoms. The van der Waals surface area contributed by atoms with Crippen molar-refractivity contribution in [2.75, 3.05) is 50.8 Å². The van der Waals surface area contributed by atoms with Gasteiger partial charge in [0.25, 0.3) is 0 Å². The lowest BCUT2D eigenvalue weighted by molar-refractivity contribution is 0.108. The van der Waals surface area contributed by atoms with E-state index < -0.39 is 11.6 Å². The molecule has 11 heteroatoms. The van der Waals surface area contributed by atoms with Gasteiger partial charge in [0.05, 0.1) is 17.1 Å². The van der Waals surface area contributed by atoms with E-state index in [0.29, 0.717) is 36.3 Å². The Labute approximate surface area is 246 Å². The van der Waals surface area contributed by atoms with Crippen molar-refractivity contribution in [1.29, 1.82) is 0 Å². The summed E-state index contributed by atoms with van der Waals surface area (Å²) in [5, 5.41) is 15.0. The van der Waals surface area contributed by atoms with Gasteiger partial charge in [0.1, 0.15) is 47.2 Å². The number of benzene rings is 2. The third-order valence-electron chi connectivity index (χ3n) is 9.48. The van der Waals surface area contributed by atoms with E-state index >= 15 is 4.39 Å². The Balaban J connectivity index is 1.34. The SMILES string of the molecule is C#Cc1c(F)ccc2cc(O)cc(-c3nc4c5c(nc(OCC67CCCN6CCC7)nc5c3F)N3CCNC[C@H]3CO4)c12. The summed E-state index contributed by atoms with van der Waals surface area (Å²) < 4.78 is 44.2. The Morgan fingerprint density at radius 1 is 1.12 bits per heavy atom. The van der Waals surface area contributed by atoms with Gasteiger partial charge in [-0.25, -0.2) is 13.8 Å². The number of ether oxygens (including phenoxy) is 2. The van der Waals surface area contributed by atoms with Crippen LogP contribution in [0.1, 0.15) is 31.2 Å². The number of nitrogens with one attached hydrogen (secondary N) is 1. The summed E-state index contributed by atoms with van der Waals surface area (Å²) in [6, 6.07) is 5.53. The summed E-state index contributed by atoms with van der Waals surface area (Å²) in [4.78, 5) is 18.7. The van der Waals surface area contributed by atoms with Crippen LogP contribution in [0.25, 0.3) is 32.9 Å². The van der Waals surface area contributed by atoms with Gasteiger partial charge in [0, 0.05) is 30.6 Å². The smallest absolute Gasteiger partial charge is 0.319 e. The molecule has 0 bridgehead atoms. The Bertz CT molecular complexity index is 1830. The molecule has 0 saturated carbocycles. The zero-order chi connectivity index (χ0) is 29.3. The first-order valence-corrected chi connectivity index (χ1v) is 14.8. The minimum Gasteiger partial charge on any atom is -0.508 e. The molecular weight excluding hydrogens is 554 g/mol. The number of piperazine rings is 1. The van der Waals surface area contributed by atoms with Crippen molar-refractivity contribution in [3.05, 3.63) is 41.5 Å². The highest BCUT2D eigenvalue weighted by molar-refractivity contribution is 6.04. The molecule has 4 aliphatic heterocycles. The summed E-state index contributed by atoms with van der Waals surface area (Å²) in [6.45, 7) is 4.85. The lowest BCUT2D eigenvalue weighted by Gasteiger charge is -2.35. The molecule has 0 unspecified atom stereocenters. The second-order valence-electron chi connectivity index (χ2n) is 11.9. The second kappa shape index (κ2) is 9.89. The standard InChI is InChI=1S/C32H30F2N6O3/c1-2-21-23(33)6-5-18-13-20(41)14-22(24(18)21)27-26(34)28-25-29(40-12-9-35-15-19(40)16-42-30(25)36-27)38-31(37-28)43-17-32-7-3-10-39(32)11-4-8-32/h1,5-6,13-14,19,35,41H,3-4,7-12,15-17H2/t19-/m0/s1. The molecule has 3 saturated heterocycles. The van der Waals surface area contributed by atoms with Crippen molar-refractivity contribution in [2.45, 2.75) is 37.3 Å². The number of nitrogens with zero attached hydrogens (tertiary/aromatic N) is 5. The number of terminal acetylenes is 1. The van der Waals surface area contributed by atoms with Gasteiger partial charge in [-0.2, -0.15) is 9.97 Å². The number of halogens is 2. The van der Waals surface area contributed by atoms with Gasteiger partial charge in [-0.1, -0.05) is 12.0 Å². The maximum Gasteiger partial charge on any atom is 0.319 e. The lowest BCUT2D eigenvalue weighted by atomic mass is 9.95. The summed E-state index contributed by atoms with van der Waals surface area (Å²) >= 11 is 0. The Morgan fingerprint density at radius 2 is 1.95 bits per heavy atom. The highest BCUT2D eigenvalue weighted by atomic mass is 19.1. The molecule has 220 valence electrons. The van der Waals surface area contributed by atoms with Gasteiger partial charge in [-0.05, 0) is 62.4 Å². The average Bonchev–Trinajstić information content (AvgIpc) is 3.56. The van der Waals surface area contributed by atoms with Crippen LogP contribution in [0.2, 0.25) is 0 Å². The van der Waals surface area contributed by atoms with E-state index in [1.54, 1.807) is 0 Å². The number of pyridine rings is 1. The third kappa shape index (κ3) is 4.07. The Morgan fingerprint density at radius 3 is 2.77 bits per heavy atom. The van der Waals surface area contributed by atoms with E-state index in [1.807, 2.05) is 0 Å². The monoisotopic (exact) mass is 584 g/mol. The van der Waals surface area contributed by atoms with Crippen LogP contribution in [0.4, 0.5) is 14.6 Å².